The molecule has 0 spiro atoms. The van der Waals surface area contributed by atoms with Crippen molar-refractivity contribution in [2.24, 2.45) is 0 Å². The number of nitrogens with one attached hydrogen (secondary N) is 1. The lowest BCUT2D eigenvalue weighted by Crippen LogP contribution is -2.18. The van der Waals surface area contributed by atoms with Gasteiger partial charge in [-0.15, -0.1) is 12.6 Å². The van der Waals surface area contributed by atoms with Crippen molar-refractivity contribution in [3.8, 4) is 0 Å². The van der Waals surface area contributed by atoms with Crippen molar-refractivity contribution >= 4 is 65.7 Å². The van der Waals surface area contributed by atoms with Crippen molar-refractivity contribution in [2.45, 2.75) is 0 Å². The highest BCUT2D eigenvalue weighted by Gasteiger charge is 2.04. The predicted octanol–water partition coefficient (Wildman–Crippen LogP) is 2.26. The van der Waals surface area contributed by atoms with Crippen LogP contribution in [0.4, 0.5) is 0 Å². The molecule has 13 heavy (non-hydrogen) atoms. The highest BCUT2D eigenvalue weighted by Crippen LogP contribution is 2.26. The number of nitrogens with zero attached hydrogens (tertiary/aromatic N) is 1. The van der Waals surface area contributed by atoms with E-state index in [0.29, 0.717) is 4.32 Å². The molecule has 0 rings (SSSR count). The first-order chi connectivity index (χ1) is 5.95. The second kappa shape index (κ2) is 7.42. The maximum Gasteiger partial charge on any atom is 0.141 e. The summed E-state index contributed by atoms with van der Waals surface area (Å²) in [6.07, 6.45) is 4.39. The van der Waals surface area contributed by atoms with Crippen molar-refractivity contribution < 1.29 is 0 Å². The molecule has 0 atom stereocenters. The topological polar surface area (TPSA) is 15.3 Å². The van der Waals surface area contributed by atoms with E-state index in [1.165, 1.54) is 15.3 Å². The molecule has 0 aliphatic heterocycles. The standard InChI is InChI=1S/C6H14N2S5/c1-8(2)6(13(3)4)11-12-7-5(9)10/h1-4H3,(H2,7,9,10). The summed E-state index contributed by atoms with van der Waals surface area (Å²) in [5, 5.41) is 0. The Morgan fingerprint density at radius 1 is 1.46 bits per heavy atom. The van der Waals surface area contributed by atoms with Crippen LogP contribution in [-0.2, 0) is 0 Å². The largest absolute Gasteiger partial charge is 0.306 e. The third-order valence-corrected chi connectivity index (χ3v) is 5.93. The van der Waals surface area contributed by atoms with E-state index >= 15 is 0 Å². The molecule has 0 aromatic heterocycles. The molecule has 78 valence electrons. The van der Waals surface area contributed by atoms with Crippen molar-refractivity contribution in [3.05, 3.63) is 0 Å². The van der Waals surface area contributed by atoms with Crippen molar-refractivity contribution in [2.75, 3.05) is 26.6 Å². The Morgan fingerprint density at radius 3 is 2.31 bits per heavy atom. The Bertz CT molecular complexity index is 209. The van der Waals surface area contributed by atoms with Crippen LogP contribution >= 0.6 is 57.1 Å². The summed E-state index contributed by atoms with van der Waals surface area (Å²) in [4.78, 5) is 2.13. The van der Waals surface area contributed by atoms with Gasteiger partial charge in [-0.05, 0) is 37.4 Å². The zero-order valence-corrected chi connectivity index (χ0v) is 12.2. The summed E-state index contributed by atoms with van der Waals surface area (Å²) < 4.78 is 4.77. The first-order valence-electron chi connectivity index (χ1n) is 3.39. The van der Waals surface area contributed by atoms with Crippen molar-refractivity contribution in [1.29, 1.82) is 0 Å². The Hall–Kier alpha value is 1.12. The Labute approximate surface area is 101 Å². The zero-order valence-electron chi connectivity index (χ0n) is 8.03. The van der Waals surface area contributed by atoms with E-state index in [2.05, 4.69) is 48.9 Å². The molecule has 0 radical (unpaired) electrons. The molecule has 0 saturated carbocycles. The van der Waals surface area contributed by atoms with E-state index < -0.39 is 0 Å². The maximum absolute atomic E-state index is 4.78. The number of hydrogen-bond donors (Lipinski definition) is 2. The molecule has 0 aromatic carbocycles. The van der Waals surface area contributed by atoms with Crippen molar-refractivity contribution in [3.63, 3.8) is 0 Å². The molecule has 0 unspecified atom stereocenters. The average Bonchev–Trinajstić information content (AvgIpc) is 1.95. The summed E-state index contributed by atoms with van der Waals surface area (Å²) in [7, 11) is 7.57. The van der Waals surface area contributed by atoms with Crippen LogP contribution in [0.25, 0.3) is 0 Å². The van der Waals surface area contributed by atoms with Crippen LogP contribution in [0.1, 0.15) is 0 Å². The molecule has 0 fully saturated rings. The van der Waals surface area contributed by atoms with E-state index in [-0.39, 0.29) is 10.5 Å². The third kappa shape index (κ3) is 7.10. The van der Waals surface area contributed by atoms with E-state index in [1.54, 1.807) is 10.8 Å². The lowest BCUT2D eigenvalue weighted by atomic mass is 11.0. The Kier molecular flexibility index (Phi) is 8.06. The van der Waals surface area contributed by atoms with Crippen LogP contribution in [0.15, 0.2) is 0 Å². The first-order valence-corrected chi connectivity index (χ1v) is 8.44. The van der Waals surface area contributed by atoms with Gasteiger partial charge in [0.2, 0.25) is 0 Å². The lowest BCUT2D eigenvalue weighted by Gasteiger charge is -2.15. The molecule has 0 amide bonds. The quantitative estimate of drug-likeness (QED) is 0.346. The SMILES string of the molecule is CN(C)C(SSNC(=S)S)=S(C)C. The van der Waals surface area contributed by atoms with Gasteiger partial charge >= 0.3 is 0 Å². The molecular formula is C6H14N2S5. The minimum atomic E-state index is 0.278. The summed E-state index contributed by atoms with van der Waals surface area (Å²) in [6.45, 7) is 0. The lowest BCUT2D eigenvalue weighted by molar-refractivity contribution is 0.648. The molecule has 0 heterocycles. The fourth-order valence-corrected chi connectivity index (χ4v) is 5.38. The summed E-state index contributed by atoms with van der Waals surface area (Å²) in [5.74, 6) is 0. The molecule has 0 aliphatic rings. The van der Waals surface area contributed by atoms with Gasteiger partial charge in [0.25, 0.3) is 0 Å². The van der Waals surface area contributed by atoms with Crippen LogP contribution in [0.3, 0.4) is 0 Å². The van der Waals surface area contributed by atoms with Crippen LogP contribution in [0.2, 0.25) is 0 Å². The minimum absolute atomic E-state index is 0.278. The van der Waals surface area contributed by atoms with Crippen molar-refractivity contribution in [1.82, 2.24) is 9.62 Å². The molecule has 7 heteroatoms. The van der Waals surface area contributed by atoms with Gasteiger partial charge in [-0.2, -0.15) is 10.5 Å². The maximum atomic E-state index is 4.78. The van der Waals surface area contributed by atoms with Crippen LogP contribution in [0.5, 0.6) is 0 Å². The Morgan fingerprint density at radius 2 is 2.00 bits per heavy atom. The molecule has 0 bridgehead atoms. The number of thiocarbonyl (C=S) groups is 1. The van der Waals surface area contributed by atoms with Gasteiger partial charge in [-0.3, -0.25) is 4.90 Å². The number of hydrogen-bond acceptors (Lipinski definition) is 3. The normalized spacial score (nSPS) is 10.7. The third-order valence-electron chi connectivity index (χ3n) is 0.956. The fraction of sp³-hybridized carbons (Fsp3) is 0.667. The summed E-state index contributed by atoms with van der Waals surface area (Å²) in [6, 6.07) is 0. The zero-order chi connectivity index (χ0) is 10.4. The van der Waals surface area contributed by atoms with Gasteiger partial charge in [-0.25, -0.2) is 0 Å². The van der Waals surface area contributed by atoms with Crippen LogP contribution < -0.4 is 4.72 Å². The van der Waals surface area contributed by atoms with Gasteiger partial charge < -0.3 is 4.72 Å². The van der Waals surface area contributed by atoms with E-state index in [9.17, 15) is 0 Å². The van der Waals surface area contributed by atoms with Gasteiger partial charge in [0.1, 0.15) is 4.32 Å². The van der Waals surface area contributed by atoms with Gasteiger partial charge in [-0.1, -0.05) is 12.2 Å². The smallest absolute Gasteiger partial charge is 0.141 e. The van der Waals surface area contributed by atoms with E-state index in [0.717, 1.165) is 0 Å². The second-order valence-electron chi connectivity index (χ2n) is 2.55. The minimum Gasteiger partial charge on any atom is -0.306 e. The molecule has 2 nitrogen and oxygen atoms in total. The van der Waals surface area contributed by atoms with Gasteiger partial charge in [0.05, 0.1) is 4.32 Å². The number of thiol groups is 1. The average molecular weight is 275 g/mol. The van der Waals surface area contributed by atoms with Crippen LogP contribution in [0, 0.1) is 0 Å². The summed E-state index contributed by atoms with van der Waals surface area (Å²) >= 11 is 8.75. The van der Waals surface area contributed by atoms with E-state index in [1.807, 2.05) is 0 Å². The number of rotatable bonds is 2. The first kappa shape index (κ1) is 14.1. The van der Waals surface area contributed by atoms with Gasteiger partial charge in [0.15, 0.2) is 0 Å². The molecule has 1 N–H and O–H groups in total. The Balaban J connectivity index is 4.00. The second-order valence-corrected chi connectivity index (χ2v) is 7.91. The molecule has 0 saturated heterocycles. The molecular weight excluding hydrogens is 260 g/mol. The predicted molar refractivity (Wildman–Crippen MR) is 78.0 cm³/mol. The fourth-order valence-electron chi connectivity index (χ4n) is 0.600. The monoisotopic (exact) mass is 274 g/mol. The molecule has 0 aromatic rings. The van der Waals surface area contributed by atoms with Crippen LogP contribution in [-0.4, -0.2) is 40.1 Å². The molecule has 0 aliphatic carbocycles. The summed E-state index contributed by atoms with van der Waals surface area (Å²) in [5.41, 5.74) is 0. The highest BCUT2D eigenvalue weighted by atomic mass is 33.1. The highest BCUT2D eigenvalue weighted by molar-refractivity contribution is 8.84. The van der Waals surface area contributed by atoms with Gasteiger partial charge in [0, 0.05) is 11.0 Å². The van der Waals surface area contributed by atoms with E-state index in [4.69, 9.17) is 12.2 Å².